The van der Waals surface area contributed by atoms with Gasteiger partial charge in [-0.05, 0) is 48.0 Å². The second-order valence-corrected chi connectivity index (χ2v) is 6.58. The average molecular weight is 382 g/mol. The topological polar surface area (TPSA) is 61.4 Å². The molecule has 2 aromatic rings. The van der Waals surface area contributed by atoms with E-state index in [4.69, 9.17) is 12.2 Å². The fraction of sp³-hybridized carbons (Fsp3) is 0.190. The van der Waals surface area contributed by atoms with Crippen molar-refractivity contribution in [2.24, 2.45) is 0 Å². The number of carbonyl (C=O) groups excluding carboxylic acids is 2. The number of amides is 2. The maximum absolute atomic E-state index is 11.9. The van der Waals surface area contributed by atoms with Gasteiger partial charge < -0.3 is 10.2 Å². The first kappa shape index (κ1) is 20.3. The minimum absolute atomic E-state index is 0.102. The first-order valence-corrected chi connectivity index (χ1v) is 8.99. The van der Waals surface area contributed by atoms with Gasteiger partial charge in [-0.15, -0.1) is 0 Å². The fourth-order valence-corrected chi connectivity index (χ4v) is 2.50. The lowest BCUT2D eigenvalue weighted by Crippen LogP contribution is -2.32. The van der Waals surface area contributed by atoms with E-state index in [1.807, 2.05) is 54.6 Å². The summed E-state index contributed by atoms with van der Waals surface area (Å²) in [7, 11) is 3.50. The highest BCUT2D eigenvalue weighted by Crippen LogP contribution is 2.11. The molecule has 140 valence electrons. The van der Waals surface area contributed by atoms with E-state index < -0.39 is 0 Å². The summed E-state index contributed by atoms with van der Waals surface area (Å²) in [4.78, 5) is 25.1. The molecule has 27 heavy (non-hydrogen) atoms. The molecule has 2 amide bonds. The molecule has 0 aromatic heterocycles. The first-order chi connectivity index (χ1) is 12.9. The molecular weight excluding hydrogens is 358 g/mol. The van der Waals surface area contributed by atoms with Crippen LogP contribution in [-0.2, 0) is 16.0 Å². The number of hydrogen-bond acceptors (Lipinski definition) is 3. The van der Waals surface area contributed by atoms with Gasteiger partial charge in [0, 0.05) is 32.3 Å². The Kier molecular flexibility index (Phi) is 7.70. The molecule has 2 rings (SSSR count). The van der Waals surface area contributed by atoms with Crippen LogP contribution in [0.15, 0.2) is 60.7 Å². The predicted molar refractivity (Wildman–Crippen MR) is 113 cm³/mol. The Hall–Kier alpha value is -2.99. The van der Waals surface area contributed by atoms with Crippen molar-refractivity contribution < 1.29 is 9.59 Å². The van der Waals surface area contributed by atoms with Gasteiger partial charge in [-0.2, -0.15) is 0 Å². The third kappa shape index (κ3) is 7.42. The Morgan fingerprint density at radius 2 is 1.70 bits per heavy atom. The summed E-state index contributed by atoms with van der Waals surface area (Å²) in [6.45, 7) is 0. The molecule has 2 aromatic carbocycles. The molecule has 0 unspecified atom stereocenters. The lowest BCUT2D eigenvalue weighted by molar-refractivity contribution is -0.128. The third-order valence-electron chi connectivity index (χ3n) is 3.80. The maximum Gasteiger partial charge on any atom is 0.250 e. The van der Waals surface area contributed by atoms with Crippen LogP contribution < -0.4 is 10.6 Å². The fourth-order valence-electron chi connectivity index (χ4n) is 2.28. The molecule has 0 bridgehead atoms. The molecule has 0 atom stereocenters. The van der Waals surface area contributed by atoms with Gasteiger partial charge in [0.15, 0.2) is 5.11 Å². The molecule has 6 heteroatoms. The van der Waals surface area contributed by atoms with Crippen molar-refractivity contribution in [3.05, 3.63) is 71.8 Å². The monoisotopic (exact) mass is 381 g/mol. The first-order valence-electron chi connectivity index (χ1n) is 8.58. The van der Waals surface area contributed by atoms with Gasteiger partial charge in [-0.25, -0.2) is 0 Å². The standard InChI is InChI=1S/C21H23N3O2S/c1-24(2)20(26)15-11-17-8-12-18(13-9-17)22-21(27)23-19(25)14-10-16-6-4-3-5-7-16/h3-10,12-14H,11,15H2,1-2H3,(H2,22,23,25,27)/b14-10+. The van der Waals surface area contributed by atoms with Crippen LogP contribution in [0.2, 0.25) is 0 Å². The van der Waals surface area contributed by atoms with Crippen LogP contribution in [-0.4, -0.2) is 35.9 Å². The normalized spacial score (nSPS) is 10.4. The summed E-state index contributed by atoms with van der Waals surface area (Å²) in [6.07, 6.45) is 4.32. The lowest BCUT2D eigenvalue weighted by Gasteiger charge is -2.11. The van der Waals surface area contributed by atoms with Crippen LogP contribution >= 0.6 is 12.2 Å². The van der Waals surface area contributed by atoms with Gasteiger partial charge in [0.25, 0.3) is 0 Å². The molecule has 0 spiro atoms. The molecule has 0 aliphatic carbocycles. The van der Waals surface area contributed by atoms with Crippen LogP contribution in [0.3, 0.4) is 0 Å². The van der Waals surface area contributed by atoms with E-state index in [1.165, 1.54) is 6.08 Å². The number of thiocarbonyl (C=S) groups is 1. The Balaban J connectivity index is 1.80. The molecule has 0 fully saturated rings. The highest BCUT2D eigenvalue weighted by molar-refractivity contribution is 7.80. The number of carbonyl (C=O) groups is 2. The zero-order valence-corrected chi connectivity index (χ0v) is 16.3. The number of anilines is 1. The molecule has 0 aliphatic rings. The number of hydrogen-bond donors (Lipinski definition) is 2. The van der Waals surface area contributed by atoms with Gasteiger partial charge in [0.1, 0.15) is 0 Å². The minimum Gasteiger partial charge on any atom is -0.349 e. The second-order valence-electron chi connectivity index (χ2n) is 6.17. The number of nitrogens with zero attached hydrogens (tertiary/aromatic N) is 1. The van der Waals surface area contributed by atoms with E-state index >= 15 is 0 Å². The zero-order chi connectivity index (χ0) is 19.6. The Bertz CT molecular complexity index is 815. The van der Waals surface area contributed by atoms with Crippen molar-refractivity contribution in [1.82, 2.24) is 10.2 Å². The highest BCUT2D eigenvalue weighted by atomic mass is 32.1. The van der Waals surface area contributed by atoms with Crippen molar-refractivity contribution in [1.29, 1.82) is 0 Å². The minimum atomic E-state index is -0.296. The summed E-state index contributed by atoms with van der Waals surface area (Å²) in [6, 6.07) is 17.2. The number of aryl methyl sites for hydroxylation is 1. The van der Waals surface area contributed by atoms with Crippen molar-refractivity contribution >= 4 is 40.9 Å². The summed E-state index contributed by atoms with van der Waals surface area (Å²) in [5, 5.41) is 5.81. The number of rotatable bonds is 6. The SMILES string of the molecule is CN(C)C(=O)CCc1ccc(NC(=S)NC(=O)/C=C/c2ccccc2)cc1. The van der Waals surface area contributed by atoms with Gasteiger partial charge in [0.2, 0.25) is 11.8 Å². The van der Waals surface area contributed by atoms with E-state index in [0.29, 0.717) is 12.8 Å². The van der Waals surface area contributed by atoms with Crippen molar-refractivity contribution in [2.45, 2.75) is 12.8 Å². The van der Waals surface area contributed by atoms with Gasteiger partial charge in [-0.3, -0.25) is 14.9 Å². The summed E-state index contributed by atoms with van der Waals surface area (Å²) in [5.74, 6) is -0.195. The number of benzene rings is 2. The Labute approximate surface area is 165 Å². The third-order valence-corrected chi connectivity index (χ3v) is 4.01. The largest absolute Gasteiger partial charge is 0.349 e. The molecule has 0 saturated heterocycles. The summed E-state index contributed by atoms with van der Waals surface area (Å²) >= 11 is 5.16. The van der Waals surface area contributed by atoms with Crippen LogP contribution in [0.25, 0.3) is 6.08 Å². The smallest absolute Gasteiger partial charge is 0.250 e. The summed E-state index contributed by atoms with van der Waals surface area (Å²) < 4.78 is 0. The van der Waals surface area contributed by atoms with Gasteiger partial charge in [-0.1, -0.05) is 42.5 Å². The molecule has 2 N–H and O–H groups in total. The molecule has 0 heterocycles. The molecular formula is C21H23N3O2S. The summed E-state index contributed by atoms with van der Waals surface area (Å²) in [5.41, 5.74) is 2.78. The second kappa shape index (κ2) is 10.2. The van der Waals surface area contributed by atoms with E-state index in [1.54, 1.807) is 25.1 Å². The quantitative estimate of drug-likeness (QED) is 0.596. The van der Waals surface area contributed by atoms with E-state index in [-0.39, 0.29) is 16.9 Å². The predicted octanol–water partition coefficient (Wildman–Crippen LogP) is 3.23. The van der Waals surface area contributed by atoms with E-state index in [9.17, 15) is 9.59 Å². The number of nitrogens with one attached hydrogen (secondary N) is 2. The van der Waals surface area contributed by atoms with E-state index in [2.05, 4.69) is 10.6 Å². The van der Waals surface area contributed by atoms with Crippen LogP contribution in [0, 0.1) is 0 Å². The average Bonchev–Trinajstić information content (AvgIpc) is 2.66. The van der Waals surface area contributed by atoms with Crippen LogP contribution in [0.4, 0.5) is 5.69 Å². The Morgan fingerprint density at radius 1 is 1.04 bits per heavy atom. The molecule has 0 saturated carbocycles. The highest BCUT2D eigenvalue weighted by Gasteiger charge is 2.05. The van der Waals surface area contributed by atoms with Crippen LogP contribution in [0.5, 0.6) is 0 Å². The Morgan fingerprint density at radius 3 is 2.33 bits per heavy atom. The van der Waals surface area contributed by atoms with Crippen molar-refractivity contribution in [2.75, 3.05) is 19.4 Å². The molecule has 0 aliphatic heterocycles. The lowest BCUT2D eigenvalue weighted by atomic mass is 10.1. The molecule has 5 nitrogen and oxygen atoms in total. The van der Waals surface area contributed by atoms with Gasteiger partial charge >= 0.3 is 0 Å². The van der Waals surface area contributed by atoms with Crippen molar-refractivity contribution in [3.63, 3.8) is 0 Å². The van der Waals surface area contributed by atoms with Crippen molar-refractivity contribution in [3.8, 4) is 0 Å². The van der Waals surface area contributed by atoms with Crippen LogP contribution in [0.1, 0.15) is 17.5 Å². The van der Waals surface area contributed by atoms with Gasteiger partial charge in [0.05, 0.1) is 0 Å². The zero-order valence-electron chi connectivity index (χ0n) is 15.4. The van der Waals surface area contributed by atoms with E-state index in [0.717, 1.165) is 16.8 Å². The maximum atomic E-state index is 11.9. The molecule has 0 radical (unpaired) electrons.